The molecular weight excluding hydrogens is 702 g/mol. The van der Waals surface area contributed by atoms with E-state index >= 15 is 0 Å². The summed E-state index contributed by atoms with van der Waals surface area (Å²) < 4.78 is 0.311. The number of amides is 3. The molecule has 3 amide bonds. The number of thiazole rings is 1. The van der Waals surface area contributed by atoms with Crippen molar-refractivity contribution in [1.82, 2.24) is 20.1 Å². The number of nitrogens with one attached hydrogen (secondary N) is 1. The monoisotopic (exact) mass is 736 g/mol. The number of aliphatic carboxylic acids is 1. The molecule has 0 unspecified atom stereocenters. The number of hydrogen-bond acceptors (Lipinski definition) is 13. The Kier molecular flexibility index (Phi) is 9.89. The maximum Gasteiger partial charge on any atom is 0.352 e. The quantitative estimate of drug-likeness (QED) is 0.0548. The Morgan fingerprint density at radius 3 is 2.63 bits per heavy atom. The standard InChI is InChI=1S/C30H34ClN7O9S2/c1-30(2,13-39)47-35-20(17-12-49-29(32)33-17)24(42)34-21-26(44)37-22(28(45)46)14(11-48-27(21)37)10-38(3,4)15-7-8-36(9-15)25(43)16-5-6-18(40)23(41)19(16)31/h5-6,12-13,15,21,27H,7-11H2,1-4H3,(H5-,32,33,34,35,40,41,42,43,45,46)/p+1/t15-,21-,27-/m1/s1. The highest BCUT2D eigenvalue weighted by molar-refractivity contribution is 8.00. The normalized spacial score (nSPS) is 21.3. The minimum Gasteiger partial charge on any atom is -0.504 e. The summed E-state index contributed by atoms with van der Waals surface area (Å²) in [7, 11) is 3.84. The van der Waals surface area contributed by atoms with Crippen molar-refractivity contribution >= 4 is 75.5 Å². The minimum absolute atomic E-state index is 0.0536. The van der Waals surface area contributed by atoms with Crippen LogP contribution in [0.15, 0.2) is 33.9 Å². The number of β-lactam (4-membered cyclic amide) rings is 1. The van der Waals surface area contributed by atoms with Crippen LogP contribution in [0.3, 0.4) is 0 Å². The Morgan fingerprint density at radius 1 is 1.29 bits per heavy atom. The van der Waals surface area contributed by atoms with E-state index < -0.39 is 52.2 Å². The molecule has 262 valence electrons. The number of hydrogen-bond donors (Lipinski definition) is 5. The molecule has 16 nitrogen and oxygen atoms in total. The molecule has 0 radical (unpaired) electrons. The van der Waals surface area contributed by atoms with Crippen molar-refractivity contribution in [2.75, 3.05) is 45.2 Å². The summed E-state index contributed by atoms with van der Waals surface area (Å²) in [6, 6.07) is 1.37. The first kappa shape index (κ1) is 35.9. The summed E-state index contributed by atoms with van der Waals surface area (Å²) in [6.07, 6.45) is 1.11. The smallest absolute Gasteiger partial charge is 0.352 e. The molecule has 0 bridgehead atoms. The van der Waals surface area contributed by atoms with Gasteiger partial charge in [-0.15, -0.1) is 23.1 Å². The van der Waals surface area contributed by atoms with Gasteiger partial charge >= 0.3 is 5.97 Å². The lowest BCUT2D eigenvalue weighted by Crippen LogP contribution is -2.71. The number of fused-ring (bicyclic) bond motifs is 1. The van der Waals surface area contributed by atoms with Crippen LogP contribution in [-0.4, -0.2) is 133 Å². The summed E-state index contributed by atoms with van der Waals surface area (Å²) >= 11 is 8.48. The number of aromatic nitrogens is 1. The average molecular weight is 737 g/mol. The van der Waals surface area contributed by atoms with Crippen LogP contribution >= 0.6 is 34.7 Å². The fourth-order valence-electron chi connectivity index (χ4n) is 5.81. The molecule has 2 fully saturated rings. The van der Waals surface area contributed by atoms with Crippen molar-refractivity contribution < 1.29 is 48.6 Å². The van der Waals surface area contributed by atoms with Gasteiger partial charge in [-0.2, -0.15) is 0 Å². The number of likely N-dealkylation sites (tertiary alicyclic amines) is 1. The summed E-state index contributed by atoms with van der Waals surface area (Å²) in [5.41, 5.74) is 4.57. The molecule has 0 aliphatic carbocycles. The maximum atomic E-state index is 13.4. The molecule has 1 aromatic carbocycles. The first-order valence-electron chi connectivity index (χ1n) is 14.9. The lowest BCUT2D eigenvalue weighted by Gasteiger charge is -2.50. The largest absolute Gasteiger partial charge is 0.504 e. The first-order chi connectivity index (χ1) is 23.0. The van der Waals surface area contributed by atoms with Crippen LogP contribution in [0, 0.1) is 0 Å². The number of likely N-dealkylation sites (N-methyl/N-ethyl adjacent to an activating group) is 1. The van der Waals surface area contributed by atoms with Gasteiger partial charge < -0.3 is 40.6 Å². The number of benzene rings is 1. The van der Waals surface area contributed by atoms with Gasteiger partial charge in [0.25, 0.3) is 17.7 Å². The van der Waals surface area contributed by atoms with Crippen molar-refractivity contribution in [3.63, 3.8) is 0 Å². The second kappa shape index (κ2) is 13.5. The minimum atomic E-state index is -1.35. The highest BCUT2D eigenvalue weighted by Crippen LogP contribution is 2.42. The van der Waals surface area contributed by atoms with Crippen LogP contribution in [0.2, 0.25) is 5.02 Å². The molecule has 2 aromatic rings. The van der Waals surface area contributed by atoms with Crippen LogP contribution in [0.5, 0.6) is 11.5 Å². The number of phenolic OH excluding ortho intramolecular Hbond substituents is 2. The molecule has 19 heteroatoms. The van der Waals surface area contributed by atoms with Crippen molar-refractivity contribution in [2.45, 2.75) is 43.3 Å². The number of phenols is 2. The van der Waals surface area contributed by atoms with Crippen molar-refractivity contribution in [3.05, 3.63) is 45.1 Å². The Morgan fingerprint density at radius 2 is 2.00 bits per heavy atom. The summed E-state index contributed by atoms with van der Waals surface area (Å²) in [4.78, 5) is 76.0. The number of rotatable bonds is 11. The van der Waals surface area contributed by atoms with Gasteiger partial charge in [0, 0.05) is 29.7 Å². The third-order valence-electron chi connectivity index (χ3n) is 8.53. The number of carbonyl (C=O) groups is 5. The highest BCUT2D eigenvalue weighted by atomic mass is 35.5. The van der Waals surface area contributed by atoms with Crippen molar-refractivity contribution in [1.29, 1.82) is 0 Å². The number of carbonyl (C=O) groups excluding carboxylic acids is 4. The Labute approximate surface area is 293 Å². The van der Waals surface area contributed by atoms with Crippen LogP contribution < -0.4 is 11.1 Å². The molecule has 3 aliphatic heterocycles. The predicted octanol–water partition coefficient (Wildman–Crippen LogP) is 1.22. The fourth-order valence-corrected chi connectivity index (χ4v) is 7.93. The molecule has 0 saturated carbocycles. The van der Waals surface area contributed by atoms with Crippen LogP contribution in [0.1, 0.15) is 36.3 Å². The molecule has 2 saturated heterocycles. The number of aromatic hydroxyl groups is 2. The predicted molar refractivity (Wildman–Crippen MR) is 180 cm³/mol. The second-order valence-electron chi connectivity index (χ2n) is 12.9. The highest BCUT2D eigenvalue weighted by Gasteiger charge is 2.55. The molecule has 3 atom stereocenters. The van der Waals surface area contributed by atoms with E-state index in [2.05, 4.69) is 15.5 Å². The van der Waals surface area contributed by atoms with Crippen molar-refractivity contribution in [3.8, 4) is 11.5 Å². The number of carboxylic acids is 1. The van der Waals surface area contributed by atoms with Gasteiger partial charge in [0.1, 0.15) is 35.4 Å². The molecule has 5 rings (SSSR count). The summed E-state index contributed by atoms with van der Waals surface area (Å²) in [5.74, 6) is -3.88. The fraction of sp³-hybridized carbons (Fsp3) is 0.433. The van der Waals surface area contributed by atoms with Crippen LogP contribution in [0.4, 0.5) is 5.13 Å². The number of quaternary nitrogens is 1. The molecule has 4 heterocycles. The van der Waals surface area contributed by atoms with E-state index in [1.165, 1.54) is 48.0 Å². The summed E-state index contributed by atoms with van der Waals surface area (Å²) in [6.45, 7) is 3.88. The number of thioether (sulfide) groups is 1. The zero-order chi connectivity index (χ0) is 36.0. The lowest BCUT2D eigenvalue weighted by atomic mass is 10.0. The van der Waals surface area contributed by atoms with Gasteiger partial charge in [0.05, 0.1) is 31.2 Å². The number of carboxylic acid groups (broad SMARTS) is 1. The van der Waals surface area contributed by atoms with E-state index in [4.69, 9.17) is 22.2 Å². The van der Waals surface area contributed by atoms with E-state index in [1.54, 1.807) is 4.90 Å². The second-order valence-corrected chi connectivity index (χ2v) is 15.2. The molecule has 6 N–H and O–H groups in total. The number of aldehydes is 1. The maximum absolute atomic E-state index is 13.4. The number of nitrogens with zero attached hydrogens (tertiary/aromatic N) is 5. The third-order valence-corrected chi connectivity index (χ3v) is 10.9. The molecule has 49 heavy (non-hydrogen) atoms. The van der Waals surface area contributed by atoms with E-state index in [0.717, 1.165) is 11.3 Å². The van der Waals surface area contributed by atoms with Crippen LogP contribution in [0.25, 0.3) is 0 Å². The van der Waals surface area contributed by atoms with E-state index in [9.17, 15) is 39.3 Å². The molecule has 0 spiro atoms. The van der Waals surface area contributed by atoms with Gasteiger partial charge in [-0.3, -0.25) is 24.1 Å². The SMILES string of the molecule is CC(C)(C=O)O/N=C(\C(=O)N[C@@H]1C(=O)N2C(C(=O)O)=C(C[N+](C)(C)[C@@H]3CCN(C(=O)c4ccc(O)c(O)c4Cl)C3)CS[C@H]12)c1csc(N)n1. The number of nitrogen functional groups attached to an aromatic ring is 1. The number of halogens is 1. The first-order valence-corrected chi connectivity index (χ1v) is 17.2. The lowest BCUT2D eigenvalue weighted by molar-refractivity contribution is -0.908. The average Bonchev–Trinajstić information content (AvgIpc) is 3.72. The van der Waals surface area contributed by atoms with Crippen molar-refractivity contribution in [2.24, 2.45) is 5.16 Å². The molecule has 1 aromatic heterocycles. The molecule has 3 aliphatic rings. The Hall–Kier alpha value is -4.39. The Balaban J connectivity index is 1.30. The number of nitrogens with two attached hydrogens (primary N) is 1. The third kappa shape index (κ3) is 7.03. The number of oxime groups is 1. The van der Waals surface area contributed by atoms with Gasteiger partial charge in [-0.05, 0) is 26.0 Å². The van der Waals surface area contributed by atoms with E-state index in [-0.39, 0.29) is 51.2 Å². The number of anilines is 1. The van der Waals surface area contributed by atoms with Gasteiger partial charge in [0.15, 0.2) is 34.2 Å². The van der Waals surface area contributed by atoms with E-state index in [0.29, 0.717) is 35.9 Å². The van der Waals surface area contributed by atoms with Crippen LogP contribution in [-0.2, 0) is 24.0 Å². The Bertz CT molecular complexity index is 1790. The topological polar surface area (TPSA) is 225 Å². The summed E-state index contributed by atoms with van der Waals surface area (Å²) in [5, 5.41) is 37.0. The van der Waals surface area contributed by atoms with Gasteiger partial charge in [0.2, 0.25) is 0 Å². The van der Waals surface area contributed by atoms with E-state index in [1.807, 2.05) is 14.1 Å². The zero-order valence-electron chi connectivity index (χ0n) is 26.9. The van der Waals surface area contributed by atoms with Gasteiger partial charge in [-0.1, -0.05) is 16.8 Å². The van der Waals surface area contributed by atoms with Gasteiger partial charge in [-0.25, -0.2) is 9.78 Å². The zero-order valence-corrected chi connectivity index (χ0v) is 29.3. The molecular formula is C30H35ClN7O9S2+.